The third-order valence-electron chi connectivity index (χ3n) is 0.179. The number of carboxylic acid groups (broad SMARTS) is 1. The Bertz CT molecular complexity index is 146. The summed E-state index contributed by atoms with van der Waals surface area (Å²) in [5.41, 5.74) is 9.42. The number of aliphatic imine (C=N–C) groups is 1. The molecule has 0 amide bonds. The SMILES string of the molecule is C=O.N#CN=C(N)N.O=CO. The Kier molecular flexibility index (Phi) is 35.9. The monoisotopic (exact) mass is 160 g/mol. The molecule has 7 nitrogen and oxygen atoms in total. The lowest BCUT2D eigenvalue weighted by atomic mass is 11.1. The van der Waals surface area contributed by atoms with E-state index in [-0.39, 0.29) is 12.4 Å². The van der Waals surface area contributed by atoms with Crippen LogP contribution >= 0.6 is 0 Å². The van der Waals surface area contributed by atoms with Crippen molar-refractivity contribution in [2.75, 3.05) is 0 Å². The van der Waals surface area contributed by atoms with Crippen LogP contribution in [-0.4, -0.2) is 24.3 Å². The van der Waals surface area contributed by atoms with E-state index in [2.05, 4.69) is 4.99 Å². The molecule has 0 aromatic heterocycles. The average Bonchev–Trinajstić information content (AvgIpc) is 1.93. The molecular weight excluding hydrogens is 152 g/mol. The first-order valence-corrected chi connectivity index (χ1v) is 2.03. The van der Waals surface area contributed by atoms with Crippen LogP contribution in [0.3, 0.4) is 0 Å². The minimum Gasteiger partial charge on any atom is -0.483 e. The third-order valence-corrected chi connectivity index (χ3v) is 0.179. The summed E-state index contributed by atoms with van der Waals surface area (Å²) >= 11 is 0. The summed E-state index contributed by atoms with van der Waals surface area (Å²) in [7, 11) is 0. The predicted octanol–water partition coefficient (Wildman–Crippen LogP) is -1.74. The van der Waals surface area contributed by atoms with E-state index >= 15 is 0 Å². The van der Waals surface area contributed by atoms with E-state index in [0.717, 1.165) is 0 Å². The molecule has 0 bridgehead atoms. The van der Waals surface area contributed by atoms with Gasteiger partial charge >= 0.3 is 0 Å². The van der Waals surface area contributed by atoms with E-state index in [1.54, 1.807) is 0 Å². The van der Waals surface area contributed by atoms with Crippen LogP contribution in [0.25, 0.3) is 0 Å². The fraction of sp³-hybridized carbons (Fsp3) is 0. The lowest BCUT2D eigenvalue weighted by Crippen LogP contribution is -2.21. The quantitative estimate of drug-likeness (QED) is 0.166. The summed E-state index contributed by atoms with van der Waals surface area (Å²) in [6, 6.07) is 0. The Labute approximate surface area is 62.9 Å². The second-order valence-corrected chi connectivity index (χ2v) is 0.742. The number of nitrogens with zero attached hydrogens (tertiary/aromatic N) is 2. The molecule has 11 heavy (non-hydrogen) atoms. The zero-order chi connectivity index (χ0) is 9.70. The van der Waals surface area contributed by atoms with Gasteiger partial charge in [0, 0.05) is 0 Å². The minimum atomic E-state index is -0.250. The smallest absolute Gasteiger partial charge is 0.290 e. The van der Waals surface area contributed by atoms with Gasteiger partial charge in [-0.25, -0.2) is 0 Å². The zero-order valence-corrected chi connectivity index (χ0v) is 5.60. The van der Waals surface area contributed by atoms with E-state index in [9.17, 15) is 0 Å². The van der Waals surface area contributed by atoms with Gasteiger partial charge < -0.3 is 21.4 Å². The first-order valence-electron chi connectivity index (χ1n) is 2.03. The molecule has 7 heteroatoms. The van der Waals surface area contributed by atoms with Crippen LogP contribution in [0.2, 0.25) is 0 Å². The fourth-order valence-corrected chi connectivity index (χ4v) is 0.0577. The molecule has 0 saturated carbocycles. The first-order chi connectivity index (χ1) is 5.18. The normalized spacial score (nSPS) is 4.64. The Hall–Kier alpha value is -2.10. The Morgan fingerprint density at radius 3 is 1.91 bits per heavy atom. The number of hydrogen-bond donors (Lipinski definition) is 3. The molecular formula is C4H8N4O3. The van der Waals surface area contributed by atoms with Crippen LogP contribution in [0.15, 0.2) is 4.99 Å². The van der Waals surface area contributed by atoms with Crippen molar-refractivity contribution in [1.82, 2.24) is 0 Å². The summed E-state index contributed by atoms with van der Waals surface area (Å²) in [5.74, 6) is -0.197. The van der Waals surface area contributed by atoms with Crippen LogP contribution in [0.4, 0.5) is 0 Å². The maximum Gasteiger partial charge on any atom is 0.290 e. The third kappa shape index (κ3) is 340. The van der Waals surface area contributed by atoms with Gasteiger partial charge in [0.25, 0.3) is 6.47 Å². The lowest BCUT2D eigenvalue weighted by Gasteiger charge is -1.74. The van der Waals surface area contributed by atoms with Gasteiger partial charge in [-0.2, -0.15) is 5.26 Å². The van der Waals surface area contributed by atoms with Crippen molar-refractivity contribution in [1.29, 1.82) is 5.26 Å². The van der Waals surface area contributed by atoms with Gasteiger partial charge in [-0.3, -0.25) is 4.79 Å². The molecule has 0 aromatic rings. The summed E-state index contributed by atoms with van der Waals surface area (Å²) in [4.78, 5) is 19.3. The van der Waals surface area contributed by atoms with E-state index in [0.29, 0.717) is 0 Å². The Morgan fingerprint density at radius 1 is 1.64 bits per heavy atom. The Balaban J connectivity index is -0.000000109. The molecule has 0 rings (SSSR count). The average molecular weight is 160 g/mol. The van der Waals surface area contributed by atoms with Gasteiger partial charge in [-0.05, 0) is 0 Å². The molecule has 0 fully saturated rings. The van der Waals surface area contributed by atoms with E-state index in [1.807, 2.05) is 6.79 Å². The highest BCUT2D eigenvalue weighted by molar-refractivity contribution is 5.76. The maximum absolute atomic E-state index is 8.36. The highest BCUT2D eigenvalue weighted by Crippen LogP contribution is 1.49. The number of hydrogen-bond acceptors (Lipinski definition) is 4. The minimum absolute atomic E-state index is 0.197. The highest BCUT2D eigenvalue weighted by Gasteiger charge is 1.67. The van der Waals surface area contributed by atoms with Gasteiger partial charge in [-0.1, -0.05) is 0 Å². The van der Waals surface area contributed by atoms with Crippen molar-refractivity contribution in [2.24, 2.45) is 16.5 Å². The largest absolute Gasteiger partial charge is 0.483 e. The van der Waals surface area contributed by atoms with E-state index in [1.165, 1.54) is 6.19 Å². The van der Waals surface area contributed by atoms with Crippen molar-refractivity contribution < 1.29 is 14.7 Å². The van der Waals surface area contributed by atoms with E-state index in [4.69, 9.17) is 31.4 Å². The molecule has 0 aliphatic rings. The van der Waals surface area contributed by atoms with Crippen molar-refractivity contribution in [3.8, 4) is 6.19 Å². The van der Waals surface area contributed by atoms with Crippen LogP contribution in [0.1, 0.15) is 0 Å². The first kappa shape index (κ1) is 16.0. The molecule has 0 aromatic carbocycles. The molecule has 5 N–H and O–H groups in total. The van der Waals surface area contributed by atoms with Gasteiger partial charge in [0.2, 0.25) is 12.2 Å². The fourth-order valence-electron chi connectivity index (χ4n) is 0.0577. The van der Waals surface area contributed by atoms with Gasteiger partial charge in [-0.15, -0.1) is 4.99 Å². The van der Waals surface area contributed by atoms with Crippen molar-refractivity contribution >= 4 is 19.2 Å². The van der Waals surface area contributed by atoms with Gasteiger partial charge in [0.15, 0.2) is 0 Å². The zero-order valence-electron chi connectivity index (χ0n) is 5.60. The molecule has 0 aliphatic carbocycles. The second kappa shape index (κ2) is 24.7. The number of carbonyl (C=O) groups is 2. The topological polar surface area (TPSA) is 143 Å². The van der Waals surface area contributed by atoms with Crippen LogP contribution in [-0.2, 0) is 9.59 Å². The summed E-state index contributed by atoms with van der Waals surface area (Å²) < 4.78 is 0. The second-order valence-electron chi connectivity index (χ2n) is 0.742. The number of nitrogens with two attached hydrogens (primary N) is 2. The van der Waals surface area contributed by atoms with Gasteiger partial charge in [0.05, 0.1) is 0 Å². The number of carbonyl (C=O) groups excluding carboxylic acids is 1. The molecule has 0 aliphatic heterocycles. The van der Waals surface area contributed by atoms with Gasteiger partial charge in [0.1, 0.15) is 6.79 Å². The molecule has 0 radical (unpaired) electrons. The molecule has 0 heterocycles. The molecule has 0 atom stereocenters. The molecule has 0 unspecified atom stereocenters. The molecule has 0 spiro atoms. The Morgan fingerprint density at radius 2 is 1.91 bits per heavy atom. The summed E-state index contributed by atoms with van der Waals surface area (Å²) in [5, 5.41) is 14.5. The van der Waals surface area contributed by atoms with Crippen molar-refractivity contribution in [2.45, 2.75) is 0 Å². The predicted molar refractivity (Wildman–Crippen MR) is 37.2 cm³/mol. The number of guanidine groups is 1. The van der Waals surface area contributed by atoms with Crippen LogP contribution < -0.4 is 11.5 Å². The van der Waals surface area contributed by atoms with Crippen LogP contribution in [0, 0.1) is 11.5 Å². The molecule has 0 saturated heterocycles. The highest BCUT2D eigenvalue weighted by atomic mass is 16.3. The summed E-state index contributed by atoms with van der Waals surface area (Å²) in [6.07, 6.45) is 1.41. The van der Waals surface area contributed by atoms with Crippen LogP contribution in [0.5, 0.6) is 0 Å². The molecule has 62 valence electrons. The number of nitriles is 1. The van der Waals surface area contributed by atoms with Crippen molar-refractivity contribution in [3.63, 3.8) is 0 Å². The lowest BCUT2D eigenvalue weighted by molar-refractivity contribution is -0.122. The van der Waals surface area contributed by atoms with E-state index < -0.39 is 0 Å². The van der Waals surface area contributed by atoms with Crippen molar-refractivity contribution in [3.05, 3.63) is 0 Å². The maximum atomic E-state index is 8.36. The standard InChI is InChI=1S/C2H4N4.CH2O2.CH2O/c3-1-6-2(4)5;2-1-3;1-2/h(H4,4,5,6);1H,(H,2,3);1H2. The summed E-state index contributed by atoms with van der Waals surface area (Å²) in [6.45, 7) is 1.75. The number of rotatable bonds is 0.